The maximum Gasteiger partial charge on any atom is 0.343 e. The van der Waals surface area contributed by atoms with Gasteiger partial charge in [-0.2, -0.15) is 0 Å². The largest absolute Gasteiger partial charge is 0.462 e. The third-order valence-corrected chi connectivity index (χ3v) is 3.85. The summed E-state index contributed by atoms with van der Waals surface area (Å²) < 4.78 is 4.83. The molecule has 0 saturated heterocycles. The Balaban J connectivity index is 1.92. The van der Waals surface area contributed by atoms with Crippen molar-refractivity contribution in [3.63, 3.8) is 0 Å². The second-order valence-corrected chi connectivity index (χ2v) is 5.68. The first-order chi connectivity index (χ1) is 10.6. The second-order valence-electron chi connectivity index (χ2n) is 3.85. The van der Waals surface area contributed by atoms with Crippen molar-refractivity contribution in [1.82, 2.24) is 15.0 Å². The number of nitrogens with two attached hydrogens (primary N) is 1. The van der Waals surface area contributed by atoms with Gasteiger partial charge in [-0.1, -0.05) is 11.8 Å². The zero-order chi connectivity index (χ0) is 15.9. The number of amides is 1. The van der Waals surface area contributed by atoms with E-state index < -0.39 is 5.97 Å². The van der Waals surface area contributed by atoms with Crippen molar-refractivity contribution in [3.8, 4) is 0 Å². The van der Waals surface area contributed by atoms with E-state index in [-0.39, 0.29) is 29.6 Å². The number of nitrogen functional groups attached to an aromatic ring is 1. The molecule has 2 aromatic heterocycles. The highest BCUT2D eigenvalue weighted by Gasteiger charge is 2.14. The van der Waals surface area contributed by atoms with E-state index in [9.17, 15) is 9.59 Å². The van der Waals surface area contributed by atoms with E-state index in [1.807, 2.05) is 0 Å². The highest BCUT2D eigenvalue weighted by Crippen LogP contribution is 2.18. The Morgan fingerprint density at radius 2 is 2.27 bits per heavy atom. The molecular weight excluding hydrogens is 326 g/mol. The molecule has 2 aromatic rings. The lowest BCUT2D eigenvalue weighted by Crippen LogP contribution is -2.14. The van der Waals surface area contributed by atoms with Crippen LogP contribution in [0.4, 0.5) is 10.9 Å². The third-order valence-electron chi connectivity index (χ3n) is 2.30. The number of rotatable bonds is 6. The van der Waals surface area contributed by atoms with Crippen molar-refractivity contribution in [1.29, 1.82) is 0 Å². The number of esters is 1. The normalized spacial score (nSPS) is 10.2. The summed E-state index contributed by atoms with van der Waals surface area (Å²) in [5.74, 6) is -0.663. The van der Waals surface area contributed by atoms with Gasteiger partial charge in [0.15, 0.2) is 10.3 Å². The van der Waals surface area contributed by atoms with Gasteiger partial charge in [0, 0.05) is 17.8 Å². The summed E-state index contributed by atoms with van der Waals surface area (Å²) in [6.45, 7) is 1.94. The van der Waals surface area contributed by atoms with Crippen LogP contribution < -0.4 is 11.1 Å². The Morgan fingerprint density at radius 1 is 1.45 bits per heavy atom. The molecule has 0 unspecified atom stereocenters. The Labute approximate surface area is 134 Å². The van der Waals surface area contributed by atoms with Gasteiger partial charge in [-0.3, -0.25) is 4.79 Å². The molecule has 116 valence electrons. The standard InChI is InChI=1S/C12H13N5O3S2/c1-2-20-10(19)7-5-15-12(17-9(7)13)22-6-8(18)16-11-14-3-4-21-11/h3-5H,2,6H2,1H3,(H2,13,15,17)(H,14,16,18). The van der Waals surface area contributed by atoms with E-state index in [1.54, 1.807) is 18.5 Å². The van der Waals surface area contributed by atoms with Crippen molar-refractivity contribution >= 4 is 45.9 Å². The van der Waals surface area contributed by atoms with Crippen LogP contribution >= 0.6 is 23.1 Å². The van der Waals surface area contributed by atoms with Gasteiger partial charge in [0.2, 0.25) is 5.91 Å². The fourth-order valence-corrected chi connectivity index (χ4v) is 2.55. The summed E-state index contributed by atoms with van der Waals surface area (Å²) in [6.07, 6.45) is 2.90. The highest BCUT2D eigenvalue weighted by molar-refractivity contribution is 7.99. The Hall–Kier alpha value is -2.20. The maximum absolute atomic E-state index is 11.7. The maximum atomic E-state index is 11.7. The van der Waals surface area contributed by atoms with Crippen molar-refractivity contribution < 1.29 is 14.3 Å². The lowest BCUT2D eigenvalue weighted by Gasteiger charge is -2.05. The molecule has 0 bridgehead atoms. The lowest BCUT2D eigenvalue weighted by atomic mass is 10.3. The van der Waals surface area contributed by atoms with Crippen LogP contribution in [0.15, 0.2) is 22.9 Å². The Kier molecular flexibility index (Phi) is 5.67. The first kappa shape index (κ1) is 16.2. The number of carbonyl (C=O) groups excluding carboxylic acids is 2. The summed E-state index contributed by atoms with van der Waals surface area (Å²) in [7, 11) is 0. The van der Waals surface area contributed by atoms with Gasteiger partial charge in [0.05, 0.1) is 12.4 Å². The lowest BCUT2D eigenvalue weighted by molar-refractivity contribution is -0.113. The molecule has 0 aromatic carbocycles. The van der Waals surface area contributed by atoms with Crippen molar-refractivity contribution in [2.75, 3.05) is 23.4 Å². The minimum atomic E-state index is -0.571. The average Bonchev–Trinajstić information content (AvgIpc) is 2.98. The number of carbonyl (C=O) groups is 2. The number of ether oxygens (including phenoxy) is 1. The smallest absolute Gasteiger partial charge is 0.343 e. The number of hydrogen-bond acceptors (Lipinski definition) is 9. The molecule has 0 aliphatic heterocycles. The highest BCUT2D eigenvalue weighted by atomic mass is 32.2. The van der Waals surface area contributed by atoms with Crippen LogP contribution in [0.5, 0.6) is 0 Å². The van der Waals surface area contributed by atoms with Crippen molar-refractivity contribution in [2.24, 2.45) is 0 Å². The van der Waals surface area contributed by atoms with Crippen molar-refractivity contribution in [2.45, 2.75) is 12.1 Å². The number of thiazole rings is 1. The van der Waals surface area contributed by atoms with Crippen LogP contribution in [0, 0.1) is 0 Å². The Bertz CT molecular complexity index is 663. The van der Waals surface area contributed by atoms with Crippen LogP contribution in [0.1, 0.15) is 17.3 Å². The average molecular weight is 339 g/mol. The fourth-order valence-electron chi connectivity index (χ4n) is 1.38. The molecule has 1 amide bonds. The summed E-state index contributed by atoms with van der Waals surface area (Å²) in [4.78, 5) is 35.2. The van der Waals surface area contributed by atoms with E-state index in [2.05, 4.69) is 20.3 Å². The molecule has 2 rings (SSSR count). The first-order valence-corrected chi connectivity index (χ1v) is 8.08. The zero-order valence-electron chi connectivity index (χ0n) is 11.6. The number of nitrogens with zero attached hydrogens (tertiary/aromatic N) is 3. The second kappa shape index (κ2) is 7.71. The van der Waals surface area contributed by atoms with Gasteiger partial charge in [-0.15, -0.1) is 11.3 Å². The Morgan fingerprint density at radius 3 is 2.91 bits per heavy atom. The van der Waals surface area contributed by atoms with E-state index >= 15 is 0 Å². The van der Waals surface area contributed by atoms with E-state index in [0.717, 1.165) is 11.8 Å². The quantitative estimate of drug-likeness (QED) is 0.460. The van der Waals surface area contributed by atoms with E-state index in [4.69, 9.17) is 10.5 Å². The van der Waals surface area contributed by atoms with Crippen molar-refractivity contribution in [3.05, 3.63) is 23.3 Å². The van der Waals surface area contributed by atoms with Gasteiger partial charge in [0.1, 0.15) is 11.4 Å². The van der Waals surface area contributed by atoms with Gasteiger partial charge in [0.25, 0.3) is 0 Å². The molecule has 3 N–H and O–H groups in total. The predicted molar refractivity (Wildman–Crippen MR) is 83.9 cm³/mol. The topological polar surface area (TPSA) is 120 Å². The number of anilines is 2. The molecule has 0 radical (unpaired) electrons. The molecule has 0 saturated carbocycles. The van der Waals surface area contributed by atoms with Crippen LogP contribution in [-0.2, 0) is 9.53 Å². The number of hydrogen-bond donors (Lipinski definition) is 2. The minimum absolute atomic E-state index is 0.0243. The minimum Gasteiger partial charge on any atom is -0.462 e. The molecule has 8 nitrogen and oxygen atoms in total. The van der Waals surface area contributed by atoms with Crippen LogP contribution in [0.25, 0.3) is 0 Å². The van der Waals surface area contributed by atoms with Gasteiger partial charge in [-0.25, -0.2) is 19.7 Å². The van der Waals surface area contributed by atoms with E-state index in [0.29, 0.717) is 10.3 Å². The number of nitrogens with one attached hydrogen (secondary N) is 1. The molecule has 22 heavy (non-hydrogen) atoms. The number of thioether (sulfide) groups is 1. The molecule has 10 heteroatoms. The van der Waals surface area contributed by atoms with Crippen LogP contribution in [0.3, 0.4) is 0 Å². The zero-order valence-corrected chi connectivity index (χ0v) is 13.2. The molecule has 0 fully saturated rings. The summed E-state index contributed by atoms with van der Waals surface area (Å²) in [6, 6.07) is 0. The molecular formula is C12H13N5O3S2. The third kappa shape index (κ3) is 4.40. The van der Waals surface area contributed by atoms with Gasteiger partial charge >= 0.3 is 5.97 Å². The van der Waals surface area contributed by atoms with Crippen LogP contribution in [0.2, 0.25) is 0 Å². The molecule has 0 atom stereocenters. The summed E-state index contributed by atoms with van der Waals surface area (Å²) in [5.41, 5.74) is 5.80. The SMILES string of the molecule is CCOC(=O)c1cnc(SCC(=O)Nc2nccs2)nc1N. The molecule has 0 spiro atoms. The van der Waals surface area contributed by atoms with Gasteiger partial charge < -0.3 is 15.8 Å². The molecule has 0 aliphatic rings. The van der Waals surface area contributed by atoms with Crippen LogP contribution in [-0.4, -0.2) is 39.2 Å². The summed E-state index contributed by atoms with van der Waals surface area (Å²) >= 11 is 2.44. The number of aromatic nitrogens is 3. The van der Waals surface area contributed by atoms with Gasteiger partial charge in [-0.05, 0) is 6.92 Å². The predicted octanol–water partition coefficient (Wildman–Crippen LogP) is 1.42. The van der Waals surface area contributed by atoms with E-state index in [1.165, 1.54) is 17.5 Å². The summed E-state index contributed by atoms with van der Waals surface area (Å²) in [5, 5.41) is 5.24. The monoisotopic (exact) mass is 339 g/mol. The molecule has 0 aliphatic carbocycles. The fraction of sp³-hybridized carbons (Fsp3) is 0.250. The molecule has 2 heterocycles. The first-order valence-electron chi connectivity index (χ1n) is 6.22.